The average molecular weight is 1730 g/mol. The van der Waals surface area contributed by atoms with Gasteiger partial charge in [-0.3, -0.25) is 20.0 Å². The summed E-state index contributed by atoms with van der Waals surface area (Å²) in [6, 6.07) is 47.5. The van der Waals surface area contributed by atoms with Gasteiger partial charge in [-0.2, -0.15) is 0 Å². The summed E-state index contributed by atoms with van der Waals surface area (Å²) < 4.78 is 12.4. The molecule has 0 heterocycles. The van der Waals surface area contributed by atoms with Gasteiger partial charge in [0.25, 0.3) is 0 Å². The van der Waals surface area contributed by atoms with Crippen molar-refractivity contribution in [3.05, 3.63) is 246 Å². The first kappa shape index (κ1) is 100. The molecule has 12 nitrogen and oxygen atoms in total. The summed E-state index contributed by atoms with van der Waals surface area (Å²) in [6.45, 7) is 61.7. The quantitative estimate of drug-likeness (QED) is 0.0407. The van der Waals surface area contributed by atoms with Gasteiger partial charge >= 0.3 is 0 Å². The van der Waals surface area contributed by atoms with Crippen molar-refractivity contribution in [2.45, 2.75) is 326 Å². The van der Waals surface area contributed by atoms with Crippen LogP contribution in [0.3, 0.4) is 0 Å². The van der Waals surface area contributed by atoms with E-state index in [9.17, 15) is 30.6 Å². The van der Waals surface area contributed by atoms with E-state index in [1.165, 1.54) is 55.6 Å². The van der Waals surface area contributed by atoms with Crippen LogP contribution in [0.5, 0.6) is 46.0 Å². The van der Waals surface area contributed by atoms with Gasteiger partial charge in [0.05, 0.1) is 24.2 Å². The summed E-state index contributed by atoms with van der Waals surface area (Å²) in [6.07, 6.45) is 15.8. The Balaban J connectivity index is 0.000000250. The fraction of sp³-hybridized carbons (Fsp3) is 0.463. The zero-order valence-corrected chi connectivity index (χ0v) is 81.0. The standard InChI is InChI=1S/2C36H54N2O2.C36H34O4.2Mn/c2*1-33(2,3)25-17-23(31(39)27(19-25)35(7,8)9)21-37-29-15-13-14-16-30(29)38-22-24-18-26(34(4,5)6)20-28(32(24)40)36(10,11)12;1-23-24(2)36(22-40-34-19-11-30(12-20-34)28-7-15-32(38)16-8-28)26(4)25(3)35(23)21-39-33-17-9-29(10-18-33)27-5-13-31(37)14-6-27;;/h2*17-22,29-30,39-40H,13-16H2,1-12H3;5-20,37-38H,21-22H2,1-4H3;;/t2*29-,30-;;;/m00.../s1. The molecular weight excluding hydrogens is 1590 g/mol. The molecule has 0 amide bonds. The van der Waals surface area contributed by atoms with Crippen molar-refractivity contribution in [2.24, 2.45) is 20.0 Å². The molecule has 2 aliphatic carbocycles. The number of aromatic hydroxyl groups is 6. The minimum absolute atomic E-state index is 0. The molecule has 0 bridgehead atoms. The van der Waals surface area contributed by atoms with E-state index in [0.29, 0.717) is 36.2 Å². The van der Waals surface area contributed by atoms with E-state index in [4.69, 9.17) is 29.4 Å². The average Bonchev–Trinajstić information content (AvgIpc) is 0.812. The molecular formula is C108H142Mn2N4O8. The zero-order valence-electron chi connectivity index (χ0n) is 78.6. The van der Waals surface area contributed by atoms with Gasteiger partial charge in [0.15, 0.2) is 0 Å². The van der Waals surface area contributed by atoms with Crippen molar-refractivity contribution >= 4 is 24.9 Å². The van der Waals surface area contributed by atoms with E-state index in [0.717, 1.165) is 130 Å². The number of aliphatic imine (C=N–C) groups is 4. The molecule has 2 aliphatic rings. The summed E-state index contributed by atoms with van der Waals surface area (Å²) in [5.41, 5.74) is 22.4. The molecule has 0 aromatic heterocycles. The third-order valence-electron chi connectivity index (χ3n) is 24.1. The van der Waals surface area contributed by atoms with Gasteiger partial charge in [-0.1, -0.05) is 265 Å². The van der Waals surface area contributed by atoms with Crippen molar-refractivity contribution in [2.75, 3.05) is 0 Å². The number of hydrogen-bond acceptors (Lipinski definition) is 12. The molecule has 0 spiro atoms. The van der Waals surface area contributed by atoms with E-state index < -0.39 is 0 Å². The Labute approximate surface area is 753 Å². The number of phenols is 6. The summed E-state index contributed by atoms with van der Waals surface area (Å²) in [7, 11) is 0. The molecule has 2 saturated carbocycles. The van der Waals surface area contributed by atoms with E-state index in [1.807, 2.05) is 97.7 Å². The Morgan fingerprint density at radius 3 is 0.648 bits per heavy atom. The molecule has 11 rings (SSSR count). The minimum atomic E-state index is -0.179. The Morgan fingerprint density at radius 2 is 0.467 bits per heavy atom. The predicted molar refractivity (Wildman–Crippen MR) is 506 cm³/mol. The molecule has 9 aromatic carbocycles. The van der Waals surface area contributed by atoms with Gasteiger partial charge in [-0.15, -0.1) is 0 Å². The molecule has 6 N–H and O–H groups in total. The summed E-state index contributed by atoms with van der Waals surface area (Å²) >= 11 is 0. The van der Waals surface area contributed by atoms with Crippen molar-refractivity contribution in [3.63, 3.8) is 0 Å². The molecule has 122 heavy (non-hydrogen) atoms. The monoisotopic (exact) mass is 1730 g/mol. The van der Waals surface area contributed by atoms with Crippen LogP contribution in [0.25, 0.3) is 22.3 Å². The van der Waals surface area contributed by atoms with Crippen LogP contribution in [-0.4, -0.2) is 79.7 Å². The third-order valence-corrected chi connectivity index (χ3v) is 24.1. The molecule has 0 unspecified atom stereocenters. The van der Waals surface area contributed by atoms with E-state index in [-0.39, 0.29) is 113 Å². The number of rotatable bonds is 16. The second-order valence-corrected chi connectivity index (χ2v) is 42.0. The van der Waals surface area contributed by atoms with Crippen LogP contribution in [0.15, 0.2) is 166 Å². The summed E-state index contributed by atoms with van der Waals surface area (Å²) in [4.78, 5) is 20.1. The van der Waals surface area contributed by atoms with E-state index in [1.54, 1.807) is 24.3 Å². The van der Waals surface area contributed by atoms with Crippen molar-refractivity contribution < 1.29 is 74.3 Å². The second-order valence-electron chi connectivity index (χ2n) is 42.0. The number of phenolic OH excluding ortho intramolecular Hbond substituents is 6. The van der Waals surface area contributed by atoms with Crippen LogP contribution in [0.4, 0.5) is 0 Å². The number of hydrogen-bond donors (Lipinski definition) is 6. The molecule has 14 heteroatoms. The van der Waals surface area contributed by atoms with Gasteiger partial charge in [0.1, 0.15) is 59.2 Å². The summed E-state index contributed by atoms with van der Waals surface area (Å²) in [5, 5.41) is 64.0. The van der Waals surface area contributed by atoms with Crippen molar-refractivity contribution in [3.8, 4) is 68.2 Å². The van der Waals surface area contributed by atoms with E-state index >= 15 is 0 Å². The normalized spacial score (nSPS) is 16.4. The first-order chi connectivity index (χ1) is 55.7. The fourth-order valence-electron chi connectivity index (χ4n) is 15.6. The first-order valence-corrected chi connectivity index (χ1v) is 43.5. The Kier molecular flexibility index (Phi) is 33.2. The van der Waals surface area contributed by atoms with Crippen molar-refractivity contribution in [1.82, 2.24) is 0 Å². The maximum Gasteiger partial charge on any atom is 0.128 e. The molecule has 9 aromatic rings. The molecule has 656 valence electrons. The van der Waals surface area contributed by atoms with Gasteiger partial charge in [-0.25, -0.2) is 0 Å². The predicted octanol–water partition coefficient (Wildman–Crippen LogP) is 27.1. The Bertz CT molecular complexity index is 4600. The van der Waals surface area contributed by atoms with Gasteiger partial charge in [0.2, 0.25) is 0 Å². The Morgan fingerprint density at radius 1 is 0.279 bits per heavy atom. The molecule has 0 saturated heterocycles. The Hall–Kier alpha value is -8.90. The van der Waals surface area contributed by atoms with Crippen LogP contribution in [0.2, 0.25) is 0 Å². The van der Waals surface area contributed by atoms with Crippen LogP contribution >= 0.6 is 0 Å². The van der Waals surface area contributed by atoms with E-state index in [2.05, 4.69) is 242 Å². The smallest absolute Gasteiger partial charge is 0.128 e. The number of nitrogens with zero attached hydrogens (tertiary/aromatic N) is 4. The SMILES string of the molecule is CC(C)(C)c1cc(C=N[C@H]2CCCC[C@@H]2N=Cc2cc(C(C)(C)C)cc(C(C)(C)C)c2O)c(O)c(C(C)(C)C)c1.CC(C)(C)c1cc(C=N[C@H]2CCCC[C@@H]2N=Cc2cc(C(C)(C)C)cc(C(C)(C)C)c2O)c(O)c(C(C)(C)C)c1.Cc1c(C)c(COc2ccc(-c3ccc(O)cc3)cc2)c(C)c(C)c1COc1ccc(-c2ccc(O)cc2)cc1.[Mn].[Mn]. The first-order valence-electron chi connectivity index (χ1n) is 43.5. The largest absolute Gasteiger partial charge is 0.508 e. The topological polar surface area (TPSA) is 189 Å². The maximum atomic E-state index is 11.2. The minimum Gasteiger partial charge on any atom is -0.508 e. The van der Waals surface area contributed by atoms with Crippen molar-refractivity contribution in [1.29, 1.82) is 0 Å². The van der Waals surface area contributed by atoms with Gasteiger partial charge in [0, 0.05) is 104 Å². The molecule has 4 atom stereocenters. The molecule has 2 radical (unpaired) electrons. The third kappa shape index (κ3) is 26.1. The number of ether oxygens (including phenoxy) is 2. The fourth-order valence-corrected chi connectivity index (χ4v) is 15.6. The zero-order chi connectivity index (χ0) is 88.7. The van der Waals surface area contributed by atoms with Crippen LogP contribution in [-0.2, 0) is 90.7 Å². The molecule has 0 aliphatic heterocycles. The summed E-state index contributed by atoms with van der Waals surface area (Å²) in [5.74, 6) is 3.44. The number of benzene rings is 9. The maximum absolute atomic E-state index is 11.2. The second kappa shape index (κ2) is 40.4. The molecule has 2 fully saturated rings. The van der Waals surface area contributed by atoms with Crippen LogP contribution in [0, 0.1) is 27.7 Å². The van der Waals surface area contributed by atoms with Crippen LogP contribution in [0.1, 0.15) is 318 Å². The van der Waals surface area contributed by atoms with Crippen LogP contribution < -0.4 is 9.47 Å². The van der Waals surface area contributed by atoms with Gasteiger partial charge in [-0.05, 0) is 247 Å². The van der Waals surface area contributed by atoms with Gasteiger partial charge < -0.3 is 40.1 Å².